The van der Waals surface area contributed by atoms with Crippen molar-refractivity contribution in [2.24, 2.45) is 11.8 Å². The van der Waals surface area contributed by atoms with Gasteiger partial charge in [0, 0.05) is 52.4 Å². The fraction of sp³-hybridized carbons (Fsp3) is 0.682. The van der Waals surface area contributed by atoms with Gasteiger partial charge in [0.2, 0.25) is 5.91 Å². The normalized spacial score (nSPS) is 18.2. The van der Waals surface area contributed by atoms with Crippen molar-refractivity contribution < 1.29 is 9.59 Å². The van der Waals surface area contributed by atoms with Crippen LogP contribution in [-0.2, 0) is 4.79 Å². The van der Waals surface area contributed by atoms with Gasteiger partial charge >= 0.3 is 0 Å². The first-order chi connectivity index (χ1) is 13.4. The van der Waals surface area contributed by atoms with Crippen molar-refractivity contribution in [1.29, 1.82) is 0 Å². The maximum absolute atomic E-state index is 12.8. The molecule has 0 aromatic carbocycles. The van der Waals surface area contributed by atoms with Crippen LogP contribution in [0.1, 0.15) is 56.3 Å². The summed E-state index contributed by atoms with van der Waals surface area (Å²) in [7, 11) is 2.04. The summed E-state index contributed by atoms with van der Waals surface area (Å²) in [5.74, 6) is 2.45. The predicted molar refractivity (Wildman–Crippen MR) is 111 cm³/mol. The molecule has 0 aliphatic carbocycles. The molecule has 154 valence electrons. The van der Waals surface area contributed by atoms with E-state index in [0.29, 0.717) is 29.7 Å². The molecule has 0 saturated carbocycles. The molecule has 0 atom stereocenters. The lowest BCUT2D eigenvalue weighted by Crippen LogP contribution is -2.41. The minimum Gasteiger partial charge on any atom is -0.360 e. The fourth-order valence-corrected chi connectivity index (χ4v) is 4.01. The SMILES string of the molecule is CC(C)CCN(C)c1ccc(C(=O)N2CCC(CN3CCCC3=O)CC2)cn1. The zero-order chi connectivity index (χ0) is 20.1. The first-order valence-corrected chi connectivity index (χ1v) is 10.7. The number of nitrogens with zero attached hydrogens (tertiary/aromatic N) is 4. The van der Waals surface area contributed by atoms with E-state index in [1.807, 2.05) is 29.0 Å². The molecule has 0 spiro atoms. The number of carbonyl (C=O) groups is 2. The first-order valence-electron chi connectivity index (χ1n) is 10.7. The number of aromatic nitrogens is 1. The number of hydrogen-bond donors (Lipinski definition) is 0. The summed E-state index contributed by atoms with van der Waals surface area (Å²) in [5.41, 5.74) is 0.661. The molecule has 2 amide bonds. The Morgan fingerprint density at radius 2 is 2.00 bits per heavy atom. The quantitative estimate of drug-likeness (QED) is 0.723. The van der Waals surface area contributed by atoms with E-state index in [0.717, 1.165) is 64.2 Å². The van der Waals surface area contributed by atoms with Crippen molar-refractivity contribution in [2.45, 2.75) is 46.0 Å². The second-order valence-corrected chi connectivity index (χ2v) is 8.69. The third-order valence-corrected chi connectivity index (χ3v) is 5.98. The minimum atomic E-state index is 0.0691. The van der Waals surface area contributed by atoms with Crippen LogP contribution in [0, 0.1) is 11.8 Å². The Labute approximate surface area is 168 Å². The molecular formula is C22H34N4O2. The summed E-state index contributed by atoms with van der Waals surface area (Å²) in [4.78, 5) is 35.2. The molecule has 6 nitrogen and oxygen atoms in total. The Balaban J connectivity index is 1.48. The zero-order valence-electron chi connectivity index (χ0n) is 17.6. The van der Waals surface area contributed by atoms with Gasteiger partial charge in [-0.05, 0) is 49.7 Å². The highest BCUT2D eigenvalue weighted by atomic mass is 16.2. The molecule has 2 fully saturated rings. The largest absolute Gasteiger partial charge is 0.360 e. The van der Waals surface area contributed by atoms with Crippen molar-refractivity contribution in [2.75, 3.05) is 44.7 Å². The van der Waals surface area contributed by atoms with Gasteiger partial charge in [0.15, 0.2) is 0 Å². The summed E-state index contributed by atoms with van der Waals surface area (Å²) < 4.78 is 0. The van der Waals surface area contributed by atoms with Crippen LogP contribution in [0.3, 0.4) is 0 Å². The Morgan fingerprint density at radius 1 is 1.25 bits per heavy atom. The van der Waals surface area contributed by atoms with Crippen molar-refractivity contribution in [3.63, 3.8) is 0 Å². The average molecular weight is 387 g/mol. The Bertz CT molecular complexity index is 666. The van der Waals surface area contributed by atoms with Crippen LogP contribution in [0.5, 0.6) is 0 Å². The van der Waals surface area contributed by atoms with Crippen LogP contribution in [0.2, 0.25) is 0 Å². The van der Waals surface area contributed by atoms with Gasteiger partial charge in [0.25, 0.3) is 5.91 Å². The Morgan fingerprint density at radius 3 is 2.57 bits per heavy atom. The number of hydrogen-bond acceptors (Lipinski definition) is 4. The number of likely N-dealkylation sites (tertiary alicyclic amines) is 2. The third-order valence-electron chi connectivity index (χ3n) is 5.98. The van der Waals surface area contributed by atoms with Crippen LogP contribution in [0.25, 0.3) is 0 Å². The fourth-order valence-electron chi connectivity index (χ4n) is 4.01. The molecule has 1 aromatic heterocycles. The maximum Gasteiger partial charge on any atom is 0.255 e. The van der Waals surface area contributed by atoms with E-state index < -0.39 is 0 Å². The van der Waals surface area contributed by atoms with E-state index in [1.165, 1.54) is 0 Å². The zero-order valence-corrected chi connectivity index (χ0v) is 17.6. The van der Waals surface area contributed by atoms with E-state index >= 15 is 0 Å². The number of carbonyl (C=O) groups excluding carboxylic acids is 2. The van der Waals surface area contributed by atoms with Gasteiger partial charge in [-0.15, -0.1) is 0 Å². The van der Waals surface area contributed by atoms with Gasteiger partial charge in [-0.3, -0.25) is 9.59 Å². The third kappa shape index (κ3) is 5.24. The molecule has 0 N–H and O–H groups in total. The van der Waals surface area contributed by atoms with E-state index in [2.05, 4.69) is 23.7 Å². The lowest BCUT2D eigenvalue weighted by molar-refractivity contribution is -0.128. The topological polar surface area (TPSA) is 56.8 Å². The smallest absolute Gasteiger partial charge is 0.255 e. The minimum absolute atomic E-state index is 0.0691. The van der Waals surface area contributed by atoms with Gasteiger partial charge in [-0.25, -0.2) is 4.98 Å². The van der Waals surface area contributed by atoms with E-state index in [4.69, 9.17) is 0 Å². The molecule has 3 rings (SSSR count). The Hall–Kier alpha value is -2.11. The number of anilines is 1. The highest BCUT2D eigenvalue weighted by Gasteiger charge is 2.28. The van der Waals surface area contributed by atoms with Crippen LogP contribution >= 0.6 is 0 Å². The van der Waals surface area contributed by atoms with Crippen LogP contribution in [0.15, 0.2) is 18.3 Å². The van der Waals surface area contributed by atoms with Crippen molar-refractivity contribution in [1.82, 2.24) is 14.8 Å². The highest BCUT2D eigenvalue weighted by Crippen LogP contribution is 2.22. The molecule has 0 radical (unpaired) electrons. The van der Waals surface area contributed by atoms with Crippen molar-refractivity contribution in [3.05, 3.63) is 23.9 Å². The molecular weight excluding hydrogens is 352 g/mol. The molecule has 1 aromatic rings. The molecule has 2 saturated heterocycles. The summed E-state index contributed by atoms with van der Waals surface area (Å²) in [6.45, 7) is 8.69. The van der Waals surface area contributed by atoms with Crippen LogP contribution < -0.4 is 4.90 Å². The van der Waals surface area contributed by atoms with E-state index in [1.54, 1.807) is 6.20 Å². The lowest BCUT2D eigenvalue weighted by atomic mass is 9.96. The molecule has 3 heterocycles. The number of amides is 2. The van der Waals surface area contributed by atoms with E-state index in [-0.39, 0.29) is 5.91 Å². The molecule has 0 bridgehead atoms. The molecule has 6 heteroatoms. The van der Waals surface area contributed by atoms with Crippen molar-refractivity contribution >= 4 is 17.6 Å². The molecule has 2 aliphatic heterocycles. The summed E-state index contributed by atoms with van der Waals surface area (Å²) in [6.07, 6.45) is 6.46. The number of rotatable bonds is 7. The lowest BCUT2D eigenvalue weighted by Gasteiger charge is -2.34. The van der Waals surface area contributed by atoms with Gasteiger partial charge < -0.3 is 14.7 Å². The van der Waals surface area contributed by atoms with Gasteiger partial charge in [0.05, 0.1) is 5.56 Å². The van der Waals surface area contributed by atoms with Gasteiger partial charge in [0.1, 0.15) is 5.82 Å². The number of pyridine rings is 1. The predicted octanol–water partition coefficient (Wildman–Crippen LogP) is 3.04. The summed E-state index contributed by atoms with van der Waals surface area (Å²) >= 11 is 0. The summed E-state index contributed by atoms with van der Waals surface area (Å²) in [5, 5.41) is 0. The van der Waals surface area contributed by atoms with Gasteiger partial charge in [-0.1, -0.05) is 13.8 Å². The van der Waals surface area contributed by atoms with E-state index in [9.17, 15) is 9.59 Å². The molecule has 2 aliphatic rings. The van der Waals surface area contributed by atoms with Crippen LogP contribution in [-0.4, -0.2) is 66.4 Å². The molecule has 28 heavy (non-hydrogen) atoms. The first kappa shape index (κ1) is 20.6. The Kier molecular flexibility index (Phi) is 6.92. The second-order valence-electron chi connectivity index (χ2n) is 8.69. The summed E-state index contributed by atoms with van der Waals surface area (Å²) in [6, 6.07) is 3.84. The van der Waals surface area contributed by atoms with Crippen LogP contribution in [0.4, 0.5) is 5.82 Å². The highest BCUT2D eigenvalue weighted by molar-refractivity contribution is 5.94. The maximum atomic E-state index is 12.8. The monoisotopic (exact) mass is 386 g/mol. The number of piperidine rings is 1. The standard InChI is InChI=1S/C22H34N4O2/c1-17(2)8-12-24(3)20-7-6-19(15-23-20)22(28)25-13-9-18(10-14-25)16-26-11-4-5-21(26)27/h6-7,15,17-18H,4-5,8-14,16H2,1-3H3. The van der Waals surface area contributed by atoms with Crippen molar-refractivity contribution in [3.8, 4) is 0 Å². The second kappa shape index (κ2) is 9.39. The average Bonchev–Trinajstić information content (AvgIpc) is 3.10. The van der Waals surface area contributed by atoms with Gasteiger partial charge in [-0.2, -0.15) is 0 Å². The molecule has 0 unspecified atom stereocenters.